The van der Waals surface area contributed by atoms with Gasteiger partial charge in [-0.05, 0) is 24.6 Å². The quantitative estimate of drug-likeness (QED) is 0.877. The van der Waals surface area contributed by atoms with E-state index in [0.717, 1.165) is 16.1 Å². The molecule has 0 bridgehead atoms. The summed E-state index contributed by atoms with van der Waals surface area (Å²) in [6, 6.07) is 5.38. The Kier molecular flexibility index (Phi) is 4.11. The molecule has 1 heterocycles. The number of thioether (sulfide) groups is 1. The number of carbonyl (C=O) groups excluding carboxylic acids is 1. The number of hydrogen-bond donors (Lipinski definition) is 2. The standard InChI is InChI=1S/C13H15NO4S/c1-8(15)9-2-3-10-11(6-9)19-7-12(16)14(10)5-4-13(17)18/h2-3,6,8,15H,4-5,7H2,1H3,(H,17,18). The number of carbonyl (C=O) groups is 2. The maximum absolute atomic E-state index is 11.9. The van der Waals surface area contributed by atoms with E-state index in [1.165, 1.54) is 16.7 Å². The molecule has 1 aromatic carbocycles. The highest BCUT2D eigenvalue weighted by molar-refractivity contribution is 8.00. The van der Waals surface area contributed by atoms with Crippen molar-refractivity contribution in [3.05, 3.63) is 23.8 Å². The predicted molar refractivity (Wildman–Crippen MR) is 72.4 cm³/mol. The summed E-state index contributed by atoms with van der Waals surface area (Å²) in [4.78, 5) is 24.9. The van der Waals surface area contributed by atoms with Crippen LogP contribution in [0.5, 0.6) is 0 Å². The van der Waals surface area contributed by atoms with E-state index in [9.17, 15) is 14.7 Å². The van der Waals surface area contributed by atoms with Crippen molar-refractivity contribution in [1.29, 1.82) is 0 Å². The molecule has 0 radical (unpaired) electrons. The second-order valence-corrected chi connectivity index (χ2v) is 5.40. The van der Waals surface area contributed by atoms with Gasteiger partial charge in [0.1, 0.15) is 0 Å². The third-order valence-corrected chi connectivity index (χ3v) is 3.99. The second kappa shape index (κ2) is 5.63. The second-order valence-electron chi connectivity index (χ2n) is 4.38. The number of aliphatic hydroxyl groups excluding tert-OH is 1. The van der Waals surface area contributed by atoms with Crippen LogP contribution in [0.2, 0.25) is 0 Å². The third kappa shape index (κ3) is 3.08. The molecule has 6 heteroatoms. The van der Waals surface area contributed by atoms with Crippen LogP contribution < -0.4 is 4.90 Å². The zero-order chi connectivity index (χ0) is 14.0. The molecule has 0 saturated carbocycles. The maximum atomic E-state index is 11.9. The lowest BCUT2D eigenvalue weighted by atomic mass is 10.1. The van der Waals surface area contributed by atoms with Crippen LogP contribution in [-0.2, 0) is 9.59 Å². The predicted octanol–water partition coefficient (Wildman–Crippen LogP) is 1.65. The molecule has 2 N–H and O–H groups in total. The van der Waals surface area contributed by atoms with Crippen molar-refractivity contribution in [1.82, 2.24) is 0 Å². The first-order chi connectivity index (χ1) is 8.99. The lowest BCUT2D eigenvalue weighted by molar-refractivity contribution is -0.136. The summed E-state index contributed by atoms with van der Waals surface area (Å²) in [6.45, 7) is 1.86. The van der Waals surface area contributed by atoms with Crippen LogP contribution in [0.15, 0.2) is 23.1 Å². The normalized spacial score (nSPS) is 16.1. The number of anilines is 1. The molecule has 0 saturated heterocycles. The Hall–Kier alpha value is -1.53. The average Bonchev–Trinajstić information content (AvgIpc) is 2.36. The van der Waals surface area contributed by atoms with E-state index >= 15 is 0 Å². The van der Waals surface area contributed by atoms with Crippen molar-refractivity contribution >= 4 is 29.3 Å². The number of rotatable bonds is 4. The zero-order valence-corrected chi connectivity index (χ0v) is 11.3. The fourth-order valence-electron chi connectivity index (χ4n) is 1.93. The highest BCUT2D eigenvalue weighted by Crippen LogP contribution is 2.37. The molecule has 1 aliphatic rings. The SMILES string of the molecule is CC(O)c1ccc2c(c1)SCC(=O)N2CCC(=O)O. The summed E-state index contributed by atoms with van der Waals surface area (Å²) in [5.41, 5.74) is 1.52. The Labute approximate surface area is 115 Å². The van der Waals surface area contributed by atoms with E-state index < -0.39 is 12.1 Å². The Morgan fingerprint density at radius 1 is 1.53 bits per heavy atom. The topological polar surface area (TPSA) is 77.8 Å². The molecule has 102 valence electrons. The van der Waals surface area contributed by atoms with E-state index in [1.54, 1.807) is 19.1 Å². The minimum atomic E-state index is -0.923. The molecule has 1 amide bonds. The number of fused-ring (bicyclic) bond motifs is 1. The van der Waals surface area contributed by atoms with Crippen molar-refractivity contribution in [3.63, 3.8) is 0 Å². The van der Waals surface area contributed by atoms with Gasteiger partial charge in [-0.3, -0.25) is 9.59 Å². The van der Waals surface area contributed by atoms with Gasteiger partial charge in [0, 0.05) is 11.4 Å². The van der Waals surface area contributed by atoms with Crippen LogP contribution in [0, 0.1) is 0 Å². The van der Waals surface area contributed by atoms with Crippen LogP contribution in [-0.4, -0.2) is 34.4 Å². The van der Waals surface area contributed by atoms with Crippen molar-refractivity contribution in [2.45, 2.75) is 24.3 Å². The van der Waals surface area contributed by atoms with Crippen molar-refractivity contribution < 1.29 is 19.8 Å². The van der Waals surface area contributed by atoms with E-state index in [2.05, 4.69) is 0 Å². The van der Waals surface area contributed by atoms with Gasteiger partial charge in [0.05, 0.1) is 24.0 Å². The minimum Gasteiger partial charge on any atom is -0.481 e. The summed E-state index contributed by atoms with van der Waals surface area (Å²) < 4.78 is 0. The van der Waals surface area contributed by atoms with Crippen molar-refractivity contribution in [2.24, 2.45) is 0 Å². The number of carboxylic acid groups (broad SMARTS) is 1. The summed E-state index contributed by atoms with van der Waals surface area (Å²) in [7, 11) is 0. The Balaban J connectivity index is 2.28. The largest absolute Gasteiger partial charge is 0.481 e. The molecule has 0 spiro atoms. The molecule has 1 atom stereocenters. The van der Waals surface area contributed by atoms with Crippen LogP contribution in [0.1, 0.15) is 25.0 Å². The first-order valence-electron chi connectivity index (χ1n) is 5.96. The van der Waals surface area contributed by atoms with Gasteiger partial charge < -0.3 is 15.1 Å². The average molecular weight is 281 g/mol. The van der Waals surface area contributed by atoms with Crippen molar-refractivity contribution in [2.75, 3.05) is 17.2 Å². The van der Waals surface area contributed by atoms with E-state index in [-0.39, 0.29) is 18.9 Å². The van der Waals surface area contributed by atoms with E-state index in [1.807, 2.05) is 6.07 Å². The molecule has 1 aromatic rings. The number of aliphatic hydroxyl groups is 1. The lowest BCUT2D eigenvalue weighted by Crippen LogP contribution is -2.37. The summed E-state index contributed by atoms with van der Waals surface area (Å²) in [5.74, 6) is -0.702. The lowest BCUT2D eigenvalue weighted by Gasteiger charge is -2.29. The third-order valence-electron chi connectivity index (χ3n) is 2.96. The number of carboxylic acids is 1. The Morgan fingerprint density at radius 3 is 2.89 bits per heavy atom. The first kappa shape index (κ1) is 13.9. The zero-order valence-electron chi connectivity index (χ0n) is 10.5. The van der Waals surface area contributed by atoms with Gasteiger partial charge in [-0.25, -0.2) is 0 Å². The van der Waals surface area contributed by atoms with Gasteiger partial charge in [-0.1, -0.05) is 6.07 Å². The first-order valence-corrected chi connectivity index (χ1v) is 6.94. The van der Waals surface area contributed by atoms with E-state index in [0.29, 0.717) is 5.75 Å². The van der Waals surface area contributed by atoms with Gasteiger partial charge >= 0.3 is 5.97 Å². The number of aliphatic carboxylic acids is 1. The molecule has 0 aromatic heterocycles. The maximum Gasteiger partial charge on any atom is 0.305 e. The molecular formula is C13H15NO4S. The van der Waals surface area contributed by atoms with Gasteiger partial charge in [0.15, 0.2) is 0 Å². The molecule has 2 rings (SSSR count). The fraction of sp³-hybridized carbons (Fsp3) is 0.385. The summed E-state index contributed by atoms with van der Waals surface area (Å²) in [5, 5.41) is 18.3. The van der Waals surface area contributed by atoms with Gasteiger partial charge in [-0.2, -0.15) is 0 Å². The molecule has 0 fully saturated rings. The van der Waals surface area contributed by atoms with Crippen LogP contribution in [0.4, 0.5) is 5.69 Å². The van der Waals surface area contributed by atoms with Crippen LogP contribution in [0.3, 0.4) is 0 Å². The van der Waals surface area contributed by atoms with Gasteiger partial charge in [-0.15, -0.1) is 11.8 Å². The van der Waals surface area contributed by atoms with Crippen LogP contribution in [0.25, 0.3) is 0 Å². The molecule has 1 unspecified atom stereocenters. The molecule has 1 aliphatic heterocycles. The Bertz CT molecular complexity index is 515. The Morgan fingerprint density at radius 2 is 2.26 bits per heavy atom. The molecular weight excluding hydrogens is 266 g/mol. The number of nitrogens with zero attached hydrogens (tertiary/aromatic N) is 1. The summed E-state index contributed by atoms with van der Waals surface area (Å²) in [6.07, 6.45) is -0.635. The van der Waals surface area contributed by atoms with Gasteiger partial charge in [0.25, 0.3) is 0 Å². The number of hydrogen-bond acceptors (Lipinski definition) is 4. The van der Waals surface area contributed by atoms with Gasteiger partial charge in [0.2, 0.25) is 5.91 Å². The number of amides is 1. The minimum absolute atomic E-state index is 0.0754. The molecule has 0 aliphatic carbocycles. The van der Waals surface area contributed by atoms with Crippen LogP contribution >= 0.6 is 11.8 Å². The smallest absolute Gasteiger partial charge is 0.305 e. The highest BCUT2D eigenvalue weighted by atomic mass is 32.2. The number of benzene rings is 1. The monoisotopic (exact) mass is 281 g/mol. The van der Waals surface area contributed by atoms with Crippen molar-refractivity contribution in [3.8, 4) is 0 Å². The highest BCUT2D eigenvalue weighted by Gasteiger charge is 2.25. The fourth-order valence-corrected chi connectivity index (χ4v) is 2.91. The van der Waals surface area contributed by atoms with E-state index in [4.69, 9.17) is 5.11 Å². The summed E-state index contributed by atoms with van der Waals surface area (Å²) >= 11 is 1.42. The molecule has 19 heavy (non-hydrogen) atoms. The molecule has 5 nitrogen and oxygen atoms in total.